The van der Waals surface area contributed by atoms with Gasteiger partial charge >= 0.3 is 0 Å². The fourth-order valence-corrected chi connectivity index (χ4v) is 2.37. The zero-order valence-electron chi connectivity index (χ0n) is 13.0. The Labute approximate surface area is 126 Å². The summed E-state index contributed by atoms with van der Waals surface area (Å²) in [6.45, 7) is 9.31. The lowest BCUT2D eigenvalue weighted by molar-refractivity contribution is -0.0564. The van der Waals surface area contributed by atoms with Crippen molar-refractivity contribution in [2.24, 2.45) is 5.16 Å². The lowest BCUT2D eigenvalue weighted by atomic mass is 10.1. The Morgan fingerprint density at radius 2 is 2.33 bits per heavy atom. The van der Waals surface area contributed by atoms with Crippen molar-refractivity contribution >= 4 is 5.71 Å². The topological polar surface area (TPSA) is 54.3 Å². The fourth-order valence-electron chi connectivity index (χ4n) is 2.37. The molecule has 5 nitrogen and oxygen atoms in total. The Kier molecular flexibility index (Phi) is 5.59. The van der Waals surface area contributed by atoms with Gasteiger partial charge in [-0.2, -0.15) is 0 Å². The molecule has 0 saturated carbocycles. The largest absolute Gasteiger partial charge is 0.491 e. The van der Waals surface area contributed by atoms with Crippen molar-refractivity contribution in [3.05, 3.63) is 29.8 Å². The van der Waals surface area contributed by atoms with E-state index in [0.717, 1.165) is 31.0 Å². The van der Waals surface area contributed by atoms with Gasteiger partial charge in [-0.05, 0) is 32.9 Å². The molecule has 21 heavy (non-hydrogen) atoms. The van der Waals surface area contributed by atoms with Gasteiger partial charge in [-0.3, -0.25) is 4.90 Å². The van der Waals surface area contributed by atoms with E-state index >= 15 is 0 Å². The van der Waals surface area contributed by atoms with E-state index in [1.165, 1.54) is 0 Å². The first-order valence-corrected chi connectivity index (χ1v) is 7.37. The number of hydrogen-bond acceptors (Lipinski definition) is 5. The van der Waals surface area contributed by atoms with Crippen LogP contribution >= 0.6 is 0 Å². The van der Waals surface area contributed by atoms with E-state index in [2.05, 4.69) is 23.9 Å². The Hall–Kier alpha value is -1.59. The molecule has 0 bridgehead atoms. The van der Waals surface area contributed by atoms with Crippen LogP contribution in [0, 0.1) is 0 Å². The molecule has 0 spiro atoms. The average molecular weight is 292 g/mol. The normalized spacial score (nSPS) is 20.8. The molecular weight excluding hydrogens is 268 g/mol. The Morgan fingerprint density at radius 1 is 1.52 bits per heavy atom. The lowest BCUT2D eigenvalue weighted by Gasteiger charge is -2.35. The molecule has 2 rings (SSSR count). The highest BCUT2D eigenvalue weighted by Gasteiger charge is 2.22. The van der Waals surface area contributed by atoms with Crippen LogP contribution < -0.4 is 4.74 Å². The maximum atomic E-state index is 8.82. The van der Waals surface area contributed by atoms with Crippen molar-refractivity contribution in [2.45, 2.75) is 32.9 Å². The number of nitrogens with zero attached hydrogens (tertiary/aromatic N) is 2. The van der Waals surface area contributed by atoms with Gasteiger partial charge < -0.3 is 14.7 Å². The van der Waals surface area contributed by atoms with Crippen LogP contribution in [0.1, 0.15) is 26.3 Å². The molecule has 0 amide bonds. The summed E-state index contributed by atoms with van der Waals surface area (Å²) >= 11 is 0. The number of ether oxygens (including phenoxy) is 2. The van der Waals surface area contributed by atoms with Gasteiger partial charge in [0.1, 0.15) is 18.5 Å². The molecule has 1 fully saturated rings. The van der Waals surface area contributed by atoms with Crippen LogP contribution in [0.15, 0.2) is 29.4 Å². The highest BCUT2D eigenvalue weighted by atomic mass is 16.5. The Bertz CT molecular complexity index is 488. The molecule has 1 saturated heterocycles. The van der Waals surface area contributed by atoms with Crippen LogP contribution in [0.5, 0.6) is 5.75 Å². The summed E-state index contributed by atoms with van der Waals surface area (Å²) in [5.74, 6) is 0.765. The maximum Gasteiger partial charge on any atom is 0.120 e. The van der Waals surface area contributed by atoms with E-state index in [1.807, 2.05) is 24.3 Å². The smallest absolute Gasteiger partial charge is 0.120 e. The summed E-state index contributed by atoms with van der Waals surface area (Å²) in [6, 6.07) is 8.08. The summed E-state index contributed by atoms with van der Waals surface area (Å²) in [7, 11) is 0. The molecule has 1 aliphatic rings. The third-order valence-corrected chi connectivity index (χ3v) is 3.74. The van der Waals surface area contributed by atoms with Gasteiger partial charge in [-0.15, -0.1) is 0 Å². The zero-order valence-corrected chi connectivity index (χ0v) is 13.0. The lowest BCUT2D eigenvalue weighted by Crippen LogP contribution is -2.47. The van der Waals surface area contributed by atoms with E-state index in [0.29, 0.717) is 18.4 Å². The van der Waals surface area contributed by atoms with E-state index in [-0.39, 0.29) is 6.10 Å². The maximum absolute atomic E-state index is 8.82. The summed E-state index contributed by atoms with van der Waals surface area (Å²) in [5, 5.41) is 12.0. The molecule has 1 aliphatic heterocycles. The van der Waals surface area contributed by atoms with Gasteiger partial charge in [0.25, 0.3) is 0 Å². The number of oxime groups is 1. The summed E-state index contributed by atoms with van der Waals surface area (Å²) in [4.78, 5) is 2.40. The van der Waals surface area contributed by atoms with Gasteiger partial charge in [-0.25, -0.2) is 0 Å². The molecule has 1 N–H and O–H groups in total. The predicted octanol–water partition coefficient (Wildman–Crippen LogP) is 2.37. The van der Waals surface area contributed by atoms with Crippen molar-refractivity contribution in [1.82, 2.24) is 4.90 Å². The highest BCUT2D eigenvalue weighted by Crippen LogP contribution is 2.16. The van der Waals surface area contributed by atoms with Crippen molar-refractivity contribution in [3.8, 4) is 5.75 Å². The van der Waals surface area contributed by atoms with Crippen LogP contribution in [-0.2, 0) is 4.74 Å². The van der Waals surface area contributed by atoms with Crippen LogP contribution in [0.2, 0.25) is 0 Å². The molecule has 5 heteroatoms. The molecular formula is C16H24N2O3. The third kappa shape index (κ3) is 4.44. The Balaban J connectivity index is 1.91. The summed E-state index contributed by atoms with van der Waals surface area (Å²) < 4.78 is 11.6. The van der Waals surface area contributed by atoms with Gasteiger partial charge in [0, 0.05) is 24.7 Å². The van der Waals surface area contributed by atoms with E-state index in [4.69, 9.17) is 14.7 Å². The van der Waals surface area contributed by atoms with E-state index < -0.39 is 0 Å². The Morgan fingerprint density at radius 3 is 3.05 bits per heavy atom. The first kappa shape index (κ1) is 15.8. The third-order valence-electron chi connectivity index (χ3n) is 3.74. The second-order valence-corrected chi connectivity index (χ2v) is 5.61. The molecule has 1 aromatic carbocycles. The molecule has 1 aromatic rings. The minimum atomic E-state index is 0.0948. The van der Waals surface area contributed by atoms with Crippen molar-refractivity contribution < 1.29 is 14.7 Å². The molecule has 0 aromatic heterocycles. The van der Waals surface area contributed by atoms with Gasteiger partial charge in [0.15, 0.2) is 0 Å². The summed E-state index contributed by atoms with van der Waals surface area (Å²) in [5.41, 5.74) is 1.42. The first-order chi connectivity index (χ1) is 10.1. The number of rotatable bonds is 5. The van der Waals surface area contributed by atoms with Gasteiger partial charge in [0.2, 0.25) is 0 Å². The first-order valence-electron chi connectivity index (χ1n) is 7.37. The van der Waals surface area contributed by atoms with Crippen LogP contribution in [0.25, 0.3) is 0 Å². The number of benzene rings is 1. The SMILES string of the molecule is CC(=NO)c1cccc(OCC2CN(C(C)C)CCO2)c1. The van der Waals surface area contributed by atoms with Crippen molar-refractivity contribution in [2.75, 3.05) is 26.3 Å². The second-order valence-electron chi connectivity index (χ2n) is 5.61. The second kappa shape index (κ2) is 7.43. The minimum absolute atomic E-state index is 0.0948. The van der Waals surface area contributed by atoms with E-state index in [9.17, 15) is 0 Å². The number of morpholine rings is 1. The highest BCUT2D eigenvalue weighted by molar-refractivity contribution is 5.98. The molecule has 1 heterocycles. The molecule has 1 unspecified atom stereocenters. The van der Waals surface area contributed by atoms with Gasteiger partial charge in [-0.1, -0.05) is 17.3 Å². The quantitative estimate of drug-likeness (QED) is 0.514. The fraction of sp³-hybridized carbons (Fsp3) is 0.562. The van der Waals surface area contributed by atoms with Crippen LogP contribution in [-0.4, -0.2) is 54.3 Å². The zero-order chi connectivity index (χ0) is 15.2. The molecule has 1 atom stereocenters. The monoisotopic (exact) mass is 292 g/mol. The van der Waals surface area contributed by atoms with Gasteiger partial charge in [0.05, 0.1) is 12.3 Å². The van der Waals surface area contributed by atoms with Crippen LogP contribution in [0.3, 0.4) is 0 Å². The standard InChI is InChI=1S/C16H24N2O3/c1-12(2)18-7-8-20-16(10-18)11-21-15-6-4-5-14(9-15)13(3)17-19/h4-6,9,12,16,19H,7-8,10-11H2,1-3H3. The molecule has 0 aliphatic carbocycles. The van der Waals surface area contributed by atoms with E-state index in [1.54, 1.807) is 6.92 Å². The molecule has 116 valence electrons. The summed E-state index contributed by atoms with van der Waals surface area (Å²) in [6.07, 6.45) is 0.0948. The average Bonchev–Trinajstić information content (AvgIpc) is 2.52. The minimum Gasteiger partial charge on any atom is -0.491 e. The number of hydrogen-bond donors (Lipinski definition) is 1. The van der Waals surface area contributed by atoms with Crippen molar-refractivity contribution in [1.29, 1.82) is 0 Å². The molecule has 0 radical (unpaired) electrons. The van der Waals surface area contributed by atoms with Crippen molar-refractivity contribution in [3.63, 3.8) is 0 Å². The van der Waals surface area contributed by atoms with Crippen LogP contribution in [0.4, 0.5) is 0 Å². The predicted molar refractivity (Wildman–Crippen MR) is 82.4 cm³/mol.